The summed E-state index contributed by atoms with van der Waals surface area (Å²) in [5.74, 6) is -0.908. The molecule has 2 fully saturated rings. The van der Waals surface area contributed by atoms with Gasteiger partial charge in [0.25, 0.3) is 11.8 Å². The molecule has 2 saturated carbocycles. The first-order valence-corrected chi connectivity index (χ1v) is 16.5. The van der Waals surface area contributed by atoms with E-state index in [4.69, 9.17) is 21.4 Å². The molecule has 6 rings (SSSR count). The zero-order valence-corrected chi connectivity index (χ0v) is 27.3. The molecule has 0 bridgehead atoms. The van der Waals surface area contributed by atoms with Crippen LogP contribution in [0.25, 0.3) is 28.4 Å². The van der Waals surface area contributed by atoms with Crippen molar-refractivity contribution in [2.45, 2.75) is 69.7 Å². The maximum atomic E-state index is 13.9. The summed E-state index contributed by atoms with van der Waals surface area (Å²) in [7, 11) is 2.01. The topological polar surface area (TPSA) is 135 Å². The number of amides is 2. The molecule has 2 aliphatic carbocycles. The Morgan fingerprint density at radius 1 is 1.09 bits per heavy atom. The van der Waals surface area contributed by atoms with Gasteiger partial charge in [-0.05, 0) is 86.6 Å². The van der Waals surface area contributed by atoms with Crippen molar-refractivity contribution in [3.05, 3.63) is 76.5 Å². The molecule has 47 heavy (non-hydrogen) atoms. The first-order chi connectivity index (χ1) is 22.7. The summed E-state index contributed by atoms with van der Waals surface area (Å²) in [5.41, 5.74) is 3.90. The number of hydrogen-bond donors (Lipinski definition) is 3. The summed E-state index contributed by atoms with van der Waals surface area (Å²) in [6.07, 6.45) is 11.2. The Labute approximate surface area is 278 Å². The minimum atomic E-state index is -1.11. The average Bonchev–Trinajstić information content (AvgIpc) is 3.82. The van der Waals surface area contributed by atoms with Gasteiger partial charge in [-0.3, -0.25) is 14.6 Å². The highest BCUT2D eigenvalue weighted by Crippen LogP contribution is 2.44. The van der Waals surface area contributed by atoms with E-state index in [9.17, 15) is 14.4 Å². The van der Waals surface area contributed by atoms with Crippen molar-refractivity contribution in [3.8, 4) is 17.3 Å². The van der Waals surface area contributed by atoms with Gasteiger partial charge in [0, 0.05) is 41.4 Å². The second-order valence-electron chi connectivity index (χ2n) is 12.3. The number of carbonyl (C=O) groups excluding carboxylic acids is 2. The standard InChI is InChI=1S/C36H38ClN5O5/c1-3-47-34-23(12-17-30(43)44)11-16-29(39-34)40-35(46)36(18-6-7-19-36)41-33(45)24-10-14-26-28(20-24)42(2)32(27-15-13-25(37)21-38-27)31(26)22-8-4-5-9-22/h10-17,20-22H,3-9,18-19H2,1-2H3,(H,41,45)(H,43,44)(H,39,40,46)/b17-12+. The SMILES string of the molecule is CCOc1nc(NC(=O)C2(NC(=O)c3ccc4c(C5CCCC5)c(-c5ccc(Cl)cn5)n(C)c4c3)CCCC2)ccc1/C=C/C(=O)O. The van der Waals surface area contributed by atoms with Crippen molar-refractivity contribution < 1.29 is 24.2 Å². The van der Waals surface area contributed by atoms with Crippen LogP contribution < -0.4 is 15.4 Å². The Kier molecular flexibility index (Phi) is 9.31. The van der Waals surface area contributed by atoms with Crippen LogP contribution in [0.1, 0.15) is 85.7 Å². The molecule has 0 saturated heterocycles. The van der Waals surface area contributed by atoms with E-state index in [-0.39, 0.29) is 23.5 Å². The van der Waals surface area contributed by atoms with Crippen molar-refractivity contribution in [3.63, 3.8) is 0 Å². The molecule has 3 N–H and O–H groups in total. The van der Waals surface area contributed by atoms with Gasteiger partial charge in [-0.1, -0.05) is 43.4 Å². The van der Waals surface area contributed by atoms with E-state index in [1.54, 1.807) is 25.3 Å². The van der Waals surface area contributed by atoms with E-state index < -0.39 is 11.5 Å². The highest BCUT2D eigenvalue weighted by molar-refractivity contribution is 6.30. The van der Waals surface area contributed by atoms with Crippen LogP contribution >= 0.6 is 11.6 Å². The van der Waals surface area contributed by atoms with Gasteiger partial charge in [0.1, 0.15) is 11.4 Å². The number of carboxylic acids is 1. The van der Waals surface area contributed by atoms with Crippen LogP contribution in [0.4, 0.5) is 5.82 Å². The molecule has 3 aromatic heterocycles. The van der Waals surface area contributed by atoms with Crippen LogP contribution in [0, 0.1) is 0 Å². The van der Waals surface area contributed by atoms with Crippen molar-refractivity contribution in [2.75, 3.05) is 11.9 Å². The number of aryl methyl sites for hydroxylation is 1. The number of ether oxygens (including phenoxy) is 1. The van der Waals surface area contributed by atoms with Gasteiger partial charge < -0.3 is 25.0 Å². The zero-order valence-electron chi connectivity index (χ0n) is 26.5. The fourth-order valence-electron chi connectivity index (χ4n) is 7.03. The van der Waals surface area contributed by atoms with Crippen LogP contribution in [-0.4, -0.2) is 49.6 Å². The number of nitrogens with one attached hydrogen (secondary N) is 2. The summed E-state index contributed by atoms with van der Waals surface area (Å²) in [4.78, 5) is 47.7. The Morgan fingerprint density at radius 3 is 2.53 bits per heavy atom. The van der Waals surface area contributed by atoms with Gasteiger partial charge in [-0.25, -0.2) is 4.79 Å². The average molecular weight is 656 g/mol. The van der Waals surface area contributed by atoms with Crippen molar-refractivity contribution in [1.82, 2.24) is 19.9 Å². The fourth-order valence-corrected chi connectivity index (χ4v) is 7.15. The second kappa shape index (κ2) is 13.6. The number of carbonyl (C=O) groups is 3. The highest BCUT2D eigenvalue weighted by atomic mass is 35.5. The number of carboxylic acid groups (broad SMARTS) is 1. The lowest BCUT2D eigenvalue weighted by molar-refractivity contribution is -0.131. The molecular weight excluding hydrogens is 618 g/mol. The van der Waals surface area contributed by atoms with E-state index in [1.807, 2.05) is 37.4 Å². The Bertz CT molecular complexity index is 1850. The molecular formula is C36H38ClN5O5. The normalized spacial score (nSPS) is 16.1. The quantitative estimate of drug-likeness (QED) is 0.155. The van der Waals surface area contributed by atoms with E-state index in [0.29, 0.717) is 41.5 Å². The van der Waals surface area contributed by atoms with Gasteiger partial charge in [0.15, 0.2) is 0 Å². The summed E-state index contributed by atoms with van der Waals surface area (Å²) in [6, 6.07) is 12.8. The molecule has 11 heteroatoms. The number of fused-ring (bicyclic) bond motifs is 1. The molecule has 0 unspecified atom stereocenters. The fraction of sp³-hybridized carbons (Fsp3) is 0.361. The van der Waals surface area contributed by atoms with Gasteiger partial charge in [0.2, 0.25) is 5.88 Å². The van der Waals surface area contributed by atoms with E-state index >= 15 is 0 Å². The van der Waals surface area contributed by atoms with E-state index in [2.05, 4.69) is 25.2 Å². The van der Waals surface area contributed by atoms with Crippen molar-refractivity contribution in [1.29, 1.82) is 0 Å². The lowest BCUT2D eigenvalue weighted by Gasteiger charge is -2.29. The third-order valence-electron chi connectivity index (χ3n) is 9.30. The van der Waals surface area contributed by atoms with Crippen LogP contribution in [-0.2, 0) is 16.6 Å². The molecule has 1 aromatic carbocycles. The van der Waals surface area contributed by atoms with Gasteiger partial charge in [-0.15, -0.1) is 0 Å². The molecule has 244 valence electrons. The maximum Gasteiger partial charge on any atom is 0.328 e. The number of pyridine rings is 2. The summed E-state index contributed by atoms with van der Waals surface area (Å²) in [6.45, 7) is 2.10. The highest BCUT2D eigenvalue weighted by Gasteiger charge is 2.43. The number of rotatable bonds is 10. The number of aliphatic carboxylic acids is 1. The van der Waals surface area contributed by atoms with E-state index in [0.717, 1.165) is 54.1 Å². The lowest BCUT2D eigenvalue weighted by Crippen LogP contribution is -2.55. The number of hydrogen-bond acceptors (Lipinski definition) is 6. The summed E-state index contributed by atoms with van der Waals surface area (Å²) < 4.78 is 7.71. The van der Waals surface area contributed by atoms with Crippen LogP contribution in [0.3, 0.4) is 0 Å². The molecule has 0 atom stereocenters. The zero-order chi connectivity index (χ0) is 33.1. The Hall–Kier alpha value is -4.70. The Balaban J connectivity index is 1.28. The molecule has 4 aromatic rings. The molecule has 0 radical (unpaired) electrons. The van der Waals surface area contributed by atoms with Gasteiger partial charge in [0.05, 0.1) is 23.0 Å². The predicted molar refractivity (Wildman–Crippen MR) is 182 cm³/mol. The third kappa shape index (κ3) is 6.60. The minimum absolute atomic E-state index is 0.202. The number of aromatic nitrogens is 3. The van der Waals surface area contributed by atoms with E-state index in [1.165, 1.54) is 24.5 Å². The second-order valence-corrected chi connectivity index (χ2v) is 12.7. The monoisotopic (exact) mass is 655 g/mol. The minimum Gasteiger partial charge on any atom is -0.478 e. The molecule has 3 heterocycles. The van der Waals surface area contributed by atoms with Crippen LogP contribution in [0.2, 0.25) is 5.02 Å². The Morgan fingerprint density at radius 2 is 1.85 bits per heavy atom. The number of anilines is 1. The molecule has 2 aliphatic rings. The number of halogens is 1. The third-order valence-corrected chi connectivity index (χ3v) is 9.52. The summed E-state index contributed by atoms with van der Waals surface area (Å²) >= 11 is 6.16. The predicted octanol–water partition coefficient (Wildman–Crippen LogP) is 7.12. The smallest absolute Gasteiger partial charge is 0.328 e. The number of nitrogens with zero attached hydrogens (tertiary/aromatic N) is 3. The largest absolute Gasteiger partial charge is 0.478 e. The van der Waals surface area contributed by atoms with Crippen LogP contribution in [0.5, 0.6) is 5.88 Å². The lowest BCUT2D eigenvalue weighted by atomic mass is 9.92. The number of benzene rings is 1. The van der Waals surface area contributed by atoms with Crippen LogP contribution in [0.15, 0.2) is 54.7 Å². The molecule has 0 spiro atoms. The molecule has 10 nitrogen and oxygen atoms in total. The molecule has 0 aliphatic heterocycles. The van der Waals surface area contributed by atoms with Gasteiger partial charge >= 0.3 is 5.97 Å². The molecule has 2 amide bonds. The summed E-state index contributed by atoms with van der Waals surface area (Å²) in [5, 5.41) is 16.6. The van der Waals surface area contributed by atoms with Gasteiger partial charge in [-0.2, -0.15) is 4.98 Å². The van der Waals surface area contributed by atoms with Crippen molar-refractivity contribution >= 4 is 52.2 Å². The van der Waals surface area contributed by atoms with Crippen molar-refractivity contribution in [2.24, 2.45) is 7.05 Å². The maximum absolute atomic E-state index is 13.9. The first kappa shape index (κ1) is 32.2. The first-order valence-electron chi connectivity index (χ1n) is 16.1.